The van der Waals surface area contributed by atoms with Crippen molar-refractivity contribution in [3.8, 4) is 0 Å². The fraction of sp³-hybridized carbons (Fsp3) is 0. The maximum Gasteiger partial charge on any atom is 0.270 e. The summed E-state index contributed by atoms with van der Waals surface area (Å²) in [5.41, 5.74) is 1.37. The molecule has 0 fully saturated rings. The van der Waals surface area contributed by atoms with Gasteiger partial charge >= 0.3 is 0 Å². The number of ketones is 1. The van der Waals surface area contributed by atoms with Gasteiger partial charge in [0.1, 0.15) is 0 Å². The summed E-state index contributed by atoms with van der Waals surface area (Å²) in [5.74, 6) is -0.321. The molecule has 0 bridgehead atoms. The highest BCUT2D eigenvalue weighted by molar-refractivity contribution is 6.10. The van der Waals surface area contributed by atoms with Crippen LogP contribution in [-0.2, 0) is 4.79 Å². The van der Waals surface area contributed by atoms with Crippen molar-refractivity contribution >= 4 is 36.2 Å². The van der Waals surface area contributed by atoms with E-state index in [0.717, 1.165) is 10.8 Å². The van der Waals surface area contributed by atoms with Gasteiger partial charge in [0.2, 0.25) is 0 Å². The van der Waals surface area contributed by atoms with Crippen molar-refractivity contribution in [2.75, 3.05) is 0 Å². The van der Waals surface area contributed by atoms with Gasteiger partial charge in [0, 0.05) is 17.2 Å². The van der Waals surface area contributed by atoms with Crippen LogP contribution < -0.4 is 10.6 Å². The van der Waals surface area contributed by atoms with Crippen LogP contribution >= 0.6 is 12.4 Å². The first kappa shape index (κ1) is 11.5. The summed E-state index contributed by atoms with van der Waals surface area (Å²) in [6.07, 6.45) is 8.17. The number of halogens is 1. The standard InChI is InChI=1S/C13H7NO2.ClH/c15-11-3-1-2-8-4-6-10-9(13(8)11)5-7-12(16)14-10;/h1-7H;1H. The van der Waals surface area contributed by atoms with Crippen molar-refractivity contribution in [2.45, 2.75) is 0 Å². The van der Waals surface area contributed by atoms with Gasteiger partial charge in [0.05, 0.1) is 5.36 Å². The number of allylic oxidation sites excluding steroid dienone is 2. The Balaban J connectivity index is 0.00000108. The maximum atomic E-state index is 11.8. The molecule has 4 heteroatoms. The van der Waals surface area contributed by atoms with Crippen LogP contribution in [0.2, 0.25) is 0 Å². The summed E-state index contributed by atoms with van der Waals surface area (Å²) < 4.78 is 0. The van der Waals surface area contributed by atoms with Crippen molar-refractivity contribution in [3.63, 3.8) is 0 Å². The van der Waals surface area contributed by atoms with E-state index in [1.165, 1.54) is 12.2 Å². The van der Waals surface area contributed by atoms with Gasteiger partial charge in [0.15, 0.2) is 5.78 Å². The Kier molecular flexibility index (Phi) is 2.77. The van der Waals surface area contributed by atoms with Crippen molar-refractivity contribution < 1.29 is 9.59 Å². The zero-order valence-electron chi connectivity index (χ0n) is 8.71. The number of hydrogen-bond donors (Lipinski definition) is 0. The average Bonchev–Trinajstić information content (AvgIpc) is 2.29. The molecule has 1 aromatic carbocycles. The topological polar surface area (TPSA) is 46.5 Å². The number of fused-ring (bicyclic) bond motifs is 3. The predicted octanol–water partition coefficient (Wildman–Crippen LogP) is 0.814. The SMILES string of the molecule is Cl.O=C1C=Cc2c3c(ccc2=N1)=CC=CC3=O. The van der Waals surface area contributed by atoms with Gasteiger partial charge in [-0.3, -0.25) is 9.59 Å². The molecule has 3 nitrogen and oxygen atoms in total. The third-order valence-electron chi connectivity index (χ3n) is 2.65. The van der Waals surface area contributed by atoms with Crippen molar-refractivity contribution in [1.82, 2.24) is 0 Å². The van der Waals surface area contributed by atoms with Crippen LogP contribution in [0.25, 0.3) is 12.2 Å². The molecule has 17 heavy (non-hydrogen) atoms. The molecule has 1 aliphatic carbocycles. The van der Waals surface area contributed by atoms with Crippen LogP contribution in [0, 0.1) is 0 Å². The molecule has 0 atom stereocenters. The molecule has 1 aliphatic heterocycles. The Morgan fingerprint density at radius 1 is 1.00 bits per heavy atom. The van der Waals surface area contributed by atoms with Gasteiger partial charge < -0.3 is 0 Å². The molecule has 0 radical (unpaired) electrons. The lowest BCUT2D eigenvalue weighted by Crippen LogP contribution is -2.26. The van der Waals surface area contributed by atoms with Crippen LogP contribution in [0.5, 0.6) is 0 Å². The first-order valence-corrected chi connectivity index (χ1v) is 4.92. The number of carbonyl (C=O) groups excluding carboxylic acids is 2. The predicted molar refractivity (Wildman–Crippen MR) is 66.4 cm³/mol. The molecular formula is C13H8ClNO2. The molecule has 1 aromatic rings. The Labute approximate surface area is 103 Å². The van der Waals surface area contributed by atoms with E-state index < -0.39 is 0 Å². The first-order chi connectivity index (χ1) is 7.75. The summed E-state index contributed by atoms with van der Waals surface area (Å²) in [6, 6.07) is 3.57. The molecule has 0 aromatic heterocycles. The van der Waals surface area contributed by atoms with Gasteiger partial charge in [-0.25, -0.2) is 4.99 Å². The van der Waals surface area contributed by atoms with Gasteiger partial charge in [-0.15, -0.1) is 12.4 Å². The largest absolute Gasteiger partial charge is 0.289 e. The number of carbonyl (C=O) groups is 2. The molecule has 2 aliphatic rings. The van der Waals surface area contributed by atoms with Crippen LogP contribution in [0.1, 0.15) is 15.9 Å². The number of nitrogens with zero attached hydrogens (tertiary/aromatic N) is 1. The van der Waals surface area contributed by atoms with Gasteiger partial charge in [-0.1, -0.05) is 18.2 Å². The van der Waals surface area contributed by atoms with E-state index in [-0.39, 0.29) is 24.1 Å². The van der Waals surface area contributed by atoms with Crippen LogP contribution in [0.4, 0.5) is 0 Å². The first-order valence-electron chi connectivity index (χ1n) is 4.92. The maximum absolute atomic E-state index is 11.8. The van der Waals surface area contributed by atoms with Crippen molar-refractivity contribution in [3.05, 3.63) is 52.1 Å². The van der Waals surface area contributed by atoms with E-state index in [1.807, 2.05) is 12.1 Å². The molecule has 1 heterocycles. The van der Waals surface area contributed by atoms with Crippen molar-refractivity contribution in [2.24, 2.45) is 4.99 Å². The molecular weight excluding hydrogens is 238 g/mol. The minimum atomic E-state index is -0.282. The van der Waals surface area contributed by atoms with E-state index in [9.17, 15) is 9.59 Å². The summed E-state index contributed by atoms with van der Waals surface area (Å²) in [6.45, 7) is 0. The lowest BCUT2D eigenvalue weighted by Gasteiger charge is -2.09. The van der Waals surface area contributed by atoms with E-state index in [1.54, 1.807) is 18.2 Å². The second-order valence-corrected chi connectivity index (χ2v) is 3.64. The fourth-order valence-electron chi connectivity index (χ4n) is 1.94. The van der Waals surface area contributed by atoms with E-state index in [0.29, 0.717) is 10.9 Å². The lowest BCUT2D eigenvalue weighted by molar-refractivity contribution is -0.113. The summed E-state index contributed by atoms with van der Waals surface area (Å²) in [4.78, 5) is 26.8. The molecule has 3 rings (SSSR count). The third kappa shape index (κ3) is 1.74. The molecule has 0 N–H and O–H groups in total. The van der Waals surface area contributed by atoms with E-state index >= 15 is 0 Å². The highest BCUT2D eigenvalue weighted by Gasteiger charge is 2.15. The normalized spacial score (nSPS) is 15.3. The van der Waals surface area contributed by atoms with Crippen LogP contribution in [0.3, 0.4) is 0 Å². The highest BCUT2D eigenvalue weighted by atomic mass is 35.5. The zero-order valence-corrected chi connectivity index (χ0v) is 9.53. The number of benzene rings is 1. The van der Waals surface area contributed by atoms with Crippen LogP contribution in [-0.4, -0.2) is 11.7 Å². The quantitative estimate of drug-likeness (QED) is 0.679. The molecule has 0 spiro atoms. The second kappa shape index (κ2) is 4.11. The monoisotopic (exact) mass is 245 g/mol. The number of hydrogen-bond acceptors (Lipinski definition) is 2. The molecule has 1 amide bonds. The highest BCUT2D eigenvalue weighted by Crippen LogP contribution is 2.09. The minimum Gasteiger partial charge on any atom is -0.289 e. The van der Waals surface area contributed by atoms with E-state index in [4.69, 9.17) is 0 Å². The lowest BCUT2D eigenvalue weighted by atomic mass is 9.95. The second-order valence-electron chi connectivity index (χ2n) is 3.64. The van der Waals surface area contributed by atoms with Gasteiger partial charge in [-0.05, 0) is 23.4 Å². The zero-order chi connectivity index (χ0) is 11.1. The molecule has 0 unspecified atom stereocenters. The van der Waals surface area contributed by atoms with Gasteiger partial charge in [0.25, 0.3) is 5.91 Å². The number of rotatable bonds is 0. The van der Waals surface area contributed by atoms with Crippen molar-refractivity contribution in [1.29, 1.82) is 0 Å². The summed E-state index contributed by atoms with van der Waals surface area (Å²) >= 11 is 0. The average molecular weight is 246 g/mol. The van der Waals surface area contributed by atoms with E-state index in [2.05, 4.69) is 4.99 Å². The Morgan fingerprint density at radius 2 is 1.82 bits per heavy atom. The molecule has 0 saturated carbocycles. The summed E-state index contributed by atoms with van der Waals surface area (Å²) in [7, 11) is 0. The Morgan fingerprint density at radius 3 is 2.65 bits per heavy atom. The number of amides is 1. The third-order valence-corrected chi connectivity index (χ3v) is 2.65. The molecule has 0 saturated heterocycles. The summed E-state index contributed by atoms with van der Waals surface area (Å²) in [5, 5.41) is 1.45. The fourth-order valence-corrected chi connectivity index (χ4v) is 1.94. The van der Waals surface area contributed by atoms with Crippen LogP contribution in [0.15, 0.2) is 35.4 Å². The minimum absolute atomic E-state index is 0. The Bertz CT molecular complexity index is 699. The smallest absolute Gasteiger partial charge is 0.270 e. The van der Waals surface area contributed by atoms with Gasteiger partial charge in [-0.2, -0.15) is 0 Å². The molecule has 84 valence electrons. The Hall–Kier alpha value is -2.00.